The minimum atomic E-state index is 0.0558. The molecule has 1 aromatic rings. The Bertz CT molecular complexity index is 547. The molecule has 0 spiro atoms. The highest BCUT2D eigenvalue weighted by atomic mass is 79.9. The zero-order valence-electron chi connectivity index (χ0n) is 13.5. The number of nitrogens with one attached hydrogen (secondary N) is 1. The fraction of sp³-hybridized carbons (Fsp3) is 0.526. The van der Waals surface area contributed by atoms with Crippen molar-refractivity contribution in [3.63, 3.8) is 0 Å². The Kier molecular flexibility index (Phi) is 5.90. The molecule has 1 saturated carbocycles. The van der Waals surface area contributed by atoms with Gasteiger partial charge in [0.05, 0.1) is 0 Å². The average Bonchev–Trinajstić information content (AvgIpc) is 3.05. The van der Waals surface area contributed by atoms with Gasteiger partial charge in [0.1, 0.15) is 0 Å². The number of nitrogens with zero attached hydrogens (tertiary/aromatic N) is 1. The molecule has 0 radical (unpaired) electrons. The Morgan fingerprint density at radius 3 is 2.35 bits per heavy atom. The number of carbonyl (C=O) groups excluding carboxylic acids is 1. The lowest BCUT2D eigenvalue weighted by atomic mass is 9.91. The van der Waals surface area contributed by atoms with Gasteiger partial charge in [0.25, 0.3) is 5.91 Å². The van der Waals surface area contributed by atoms with Crippen LogP contribution in [0.3, 0.4) is 0 Å². The van der Waals surface area contributed by atoms with E-state index in [-0.39, 0.29) is 11.9 Å². The van der Waals surface area contributed by atoms with Gasteiger partial charge in [-0.15, -0.1) is 0 Å². The number of amides is 1. The SMILES string of the molecule is O=C(NC1CCCCCCC1N1CC=CC1)c1ccc(Br)cc1. The van der Waals surface area contributed by atoms with E-state index in [1.807, 2.05) is 24.3 Å². The second kappa shape index (κ2) is 8.11. The maximum absolute atomic E-state index is 12.6. The first-order valence-corrected chi connectivity index (χ1v) is 9.49. The first kappa shape index (κ1) is 16.7. The molecule has 1 amide bonds. The van der Waals surface area contributed by atoms with Crippen molar-refractivity contribution < 1.29 is 4.79 Å². The zero-order chi connectivity index (χ0) is 16.1. The van der Waals surface area contributed by atoms with Crippen molar-refractivity contribution in [1.82, 2.24) is 10.2 Å². The summed E-state index contributed by atoms with van der Waals surface area (Å²) in [5.41, 5.74) is 0.744. The third kappa shape index (κ3) is 4.45. The topological polar surface area (TPSA) is 32.3 Å². The molecule has 1 aliphatic carbocycles. The van der Waals surface area contributed by atoms with Gasteiger partial charge < -0.3 is 5.32 Å². The highest BCUT2D eigenvalue weighted by molar-refractivity contribution is 9.10. The largest absolute Gasteiger partial charge is 0.348 e. The molecule has 3 nitrogen and oxygen atoms in total. The van der Waals surface area contributed by atoms with E-state index in [1.165, 1.54) is 32.1 Å². The molecular weight excluding hydrogens is 352 g/mol. The summed E-state index contributed by atoms with van der Waals surface area (Å²) in [6.07, 6.45) is 11.9. The quantitative estimate of drug-likeness (QED) is 0.803. The van der Waals surface area contributed by atoms with Crippen LogP contribution in [-0.4, -0.2) is 36.0 Å². The van der Waals surface area contributed by atoms with Crippen LogP contribution in [0.1, 0.15) is 48.9 Å². The van der Waals surface area contributed by atoms with Crippen molar-refractivity contribution in [3.05, 3.63) is 46.5 Å². The molecule has 4 heteroatoms. The Hall–Kier alpha value is -1.13. The number of carbonyl (C=O) groups is 1. The molecule has 23 heavy (non-hydrogen) atoms. The molecule has 2 atom stereocenters. The summed E-state index contributed by atoms with van der Waals surface area (Å²) in [7, 11) is 0. The predicted molar refractivity (Wildman–Crippen MR) is 97.6 cm³/mol. The summed E-state index contributed by atoms with van der Waals surface area (Å²) in [6, 6.07) is 8.34. The van der Waals surface area contributed by atoms with Gasteiger partial charge in [-0.05, 0) is 37.1 Å². The van der Waals surface area contributed by atoms with Crippen LogP contribution in [-0.2, 0) is 0 Å². The molecule has 0 saturated heterocycles. The van der Waals surface area contributed by atoms with E-state index in [4.69, 9.17) is 0 Å². The summed E-state index contributed by atoms with van der Waals surface area (Å²) in [4.78, 5) is 15.1. The average molecular weight is 377 g/mol. The lowest BCUT2D eigenvalue weighted by Crippen LogP contribution is -2.51. The molecule has 3 rings (SSSR count). The van der Waals surface area contributed by atoms with Gasteiger partial charge in [-0.2, -0.15) is 0 Å². The summed E-state index contributed by atoms with van der Waals surface area (Å²) in [5.74, 6) is 0.0558. The first-order chi connectivity index (χ1) is 11.2. The molecule has 2 aliphatic rings. The third-order valence-corrected chi connectivity index (χ3v) is 5.50. The van der Waals surface area contributed by atoms with Gasteiger partial charge in [-0.25, -0.2) is 0 Å². The summed E-state index contributed by atoms with van der Waals surface area (Å²) in [6.45, 7) is 2.05. The van der Waals surface area contributed by atoms with Crippen LogP contribution in [0.2, 0.25) is 0 Å². The molecule has 0 aromatic heterocycles. The summed E-state index contributed by atoms with van der Waals surface area (Å²) in [5, 5.41) is 3.33. The number of benzene rings is 1. The van der Waals surface area contributed by atoms with E-state index in [0.717, 1.165) is 29.5 Å². The van der Waals surface area contributed by atoms with E-state index >= 15 is 0 Å². The Morgan fingerprint density at radius 2 is 1.65 bits per heavy atom. The van der Waals surface area contributed by atoms with Gasteiger partial charge >= 0.3 is 0 Å². The Morgan fingerprint density at radius 1 is 1.00 bits per heavy atom. The maximum Gasteiger partial charge on any atom is 0.251 e. The van der Waals surface area contributed by atoms with Gasteiger partial charge in [0, 0.05) is 35.2 Å². The monoisotopic (exact) mass is 376 g/mol. The van der Waals surface area contributed by atoms with E-state index in [9.17, 15) is 4.79 Å². The van der Waals surface area contributed by atoms with Gasteiger partial charge in [0.15, 0.2) is 0 Å². The summed E-state index contributed by atoms with van der Waals surface area (Å²) < 4.78 is 1.00. The fourth-order valence-electron chi connectivity index (χ4n) is 3.69. The van der Waals surface area contributed by atoms with E-state index < -0.39 is 0 Å². The van der Waals surface area contributed by atoms with Crippen LogP contribution in [0.15, 0.2) is 40.9 Å². The highest BCUT2D eigenvalue weighted by Gasteiger charge is 2.29. The van der Waals surface area contributed by atoms with Gasteiger partial charge in [-0.3, -0.25) is 9.69 Å². The van der Waals surface area contributed by atoms with Crippen LogP contribution in [0.4, 0.5) is 0 Å². The number of rotatable bonds is 3. The summed E-state index contributed by atoms with van der Waals surface area (Å²) >= 11 is 3.42. The van der Waals surface area contributed by atoms with Crippen LogP contribution in [0.5, 0.6) is 0 Å². The lowest BCUT2D eigenvalue weighted by Gasteiger charge is -2.36. The smallest absolute Gasteiger partial charge is 0.251 e. The third-order valence-electron chi connectivity index (χ3n) is 4.97. The molecule has 1 fully saturated rings. The van der Waals surface area contributed by atoms with Crippen molar-refractivity contribution >= 4 is 21.8 Å². The van der Waals surface area contributed by atoms with Gasteiger partial charge in [0.2, 0.25) is 0 Å². The van der Waals surface area contributed by atoms with Crippen molar-refractivity contribution in [2.75, 3.05) is 13.1 Å². The van der Waals surface area contributed by atoms with E-state index in [0.29, 0.717) is 6.04 Å². The van der Waals surface area contributed by atoms with Crippen molar-refractivity contribution in [3.8, 4) is 0 Å². The van der Waals surface area contributed by atoms with E-state index in [2.05, 4.69) is 38.3 Å². The van der Waals surface area contributed by atoms with Crippen molar-refractivity contribution in [2.24, 2.45) is 0 Å². The second-order valence-electron chi connectivity index (χ2n) is 6.57. The predicted octanol–water partition coefficient (Wildman–Crippen LogP) is 4.14. The Labute approximate surface area is 147 Å². The van der Waals surface area contributed by atoms with Crippen LogP contribution in [0, 0.1) is 0 Å². The maximum atomic E-state index is 12.6. The normalized spacial score (nSPS) is 25.8. The van der Waals surface area contributed by atoms with Crippen LogP contribution < -0.4 is 5.32 Å². The van der Waals surface area contributed by atoms with Crippen LogP contribution >= 0.6 is 15.9 Å². The van der Waals surface area contributed by atoms with Crippen molar-refractivity contribution in [1.29, 1.82) is 0 Å². The molecule has 0 bridgehead atoms. The minimum Gasteiger partial charge on any atom is -0.348 e. The fourth-order valence-corrected chi connectivity index (χ4v) is 3.95. The van der Waals surface area contributed by atoms with E-state index in [1.54, 1.807) is 0 Å². The van der Waals surface area contributed by atoms with Crippen molar-refractivity contribution in [2.45, 2.75) is 50.6 Å². The number of hydrogen-bond acceptors (Lipinski definition) is 2. The van der Waals surface area contributed by atoms with Crippen LogP contribution in [0.25, 0.3) is 0 Å². The molecule has 2 unspecified atom stereocenters. The lowest BCUT2D eigenvalue weighted by molar-refractivity contribution is 0.0882. The first-order valence-electron chi connectivity index (χ1n) is 8.69. The standard InChI is InChI=1S/C19H25BrN2O/c20-16-11-9-15(10-12-16)19(23)21-17-7-3-1-2-4-8-18(17)22-13-5-6-14-22/h5-6,9-12,17-18H,1-4,7-8,13-14H2,(H,21,23). The minimum absolute atomic E-state index is 0.0558. The molecule has 1 heterocycles. The zero-order valence-corrected chi connectivity index (χ0v) is 15.1. The molecule has 1 aromatic carbocycles. The number of halogens is 1. The number of hydrogen-bond donors (Lipinski definition) is 1. The van der Waals surface area contributed by atoms with Gasteiger partial charge in [-0.1, -0.05) is 53.8 Å². The second-order valence-corrected chi connectivity index (χ2v) is 7.49. The molecule has 1 N–H and O–H groups in total. The molecule has 1 aliphatic heterocycles. The molecular formula is C19H25BrN2O. The Balaban J connectivity index is 1.70. The highest BCUT2D eigenvalue weighted by Crippen LogP contribution is 2.24. The molecule has 124 valence electrons.